The number of aromatic nitrogens is 1. The van der Waals surface area contributed by atoms with Crippen LogP contribution in [0.5, 0.6) is 0 Å². The molecule has 0 bridgehead atoms. The molecular formula is C16H18N2O2. The topological polar surface area (TPSA) is 53.4 Å². The zero-order chi connectivity index (χ0) is 14.5. The zero-order valence-corrected chi connectivity index (χ0v) is 11.7. The van der Waals surface area contributed by atoms with Crippen LogP contribution >= 0.6 is 0 Å². The average Bonchev–Trinajstić information content (AvgIpc) is 2.47. The Morgan fingerprint density at radius 2 is 2.15 bits per heavy atom. The van der Waals surface area contributed by atoms with Gasteiger partial charge in [-0.15, -0.1) is 0 Å². The fraction of sp³-hybridized carbons (Fsp3) is 0.250. The van der Waals surface area contributed by atoms with Crippen molar-refractivity contribution in [2.75, 3.05) is 7.05 Å². The van der Waals surface area contributed by atoms with E-state index in [9.17, 15) is 4.79 Å². The van der Waals surface area contributed by atoms with Gasteiger partial charge in [-0.25, -0.2) is 4.79 Å². The Morgan fingerprint density at radius 3 is 2.80 bits per heavy atom. The number of rotatable bonds is 5. The first-order valence-corrected chi connectivity index (χ1v) is 6.50. The standard InChI is InChI=1S/C16H18N2O2/c1-12(15-7-4-8-17-10-15)18(2)11-13-5-3-6-14(9-13)16(19)20/h3-10,12H,11H2,1-2H3,(H,19,20). The summed E-state index contributed by atoms with van der Waals surface area (Å²) in [4.78, 5) is 17.3. The minimum atomic E-state index is -0.894. The average molecular weight is 270 g/mol. The summed E-state index contributed by atoms with van der Waals surface area (Å²) < 4.78 is 0. The predicted molar refractivity (Wildman–Crippen MR) is 77.5 cm³/mol. The molecule has 0 spiro atoms. The molecule has 2 aromatic rings. The van der Waals surface area contributed by atoms with Gasteiger partial charge >= 0.3 is 5.97 Å². The lowest BCUT2D eigenvalue weighted by Crippen LogP contribution is -2.22. The maximum absolute atomic E-state index is 11.0. The lowest BCUT2D eigenvalue weighted by Gasteiger charge is -2.25. The largest absolute Gasteiger partial charge is 0.478 e. The van der Waals surface area contributed by atoms with Crippen molar-refractivity contribution in [2.24, 2.45) is 0 Å². The molecule has 1 atom stereocenters. The summed E-state index contributed by atoms with van der Waals surface area (Å²) in [7, 11) is 2.02. The summed E-state index contributed by atoms with van der Waals surface area (Å²) in [5, 5.41) is 9.01. The second kappa shape index (κ2) is 6.30. The van der Waals surface area contributed by atoms with Crippen molar-refractivity contribution >= 4 is 5.97 Å². The Bertz CT molecular complexity index is 584. The predicted octanol–water partition coefficient (Wildman–Crippen LogP) is 2.97. The molecule has 104 valence electrons. The summed E-state index contributed by atoms with van der Waals surface area (Å²) >= 11 is 0. The van der Waals surface area contributed by atoms with Crippen LogP contribution in [-0.2, 0) is 6.54 Å². The number of pyridine rings is 1. The van der Waals surface area contributed by atoms with Gasteiger partial charge in [0.05, 0.1) is 5.56 Å². The van der Waals surface area contributed by atoms with Crippen LogP contribution in [-0.4, -0.2) is 28.0 Å². The van der Waals surface area contributed by atoms with Crippen LogP contribution in [0, 0.1) is 0 Å². The van der Waals surface area contributed by atoms with Crippen molar-refractivity contribution in [3.63, 3.8) is 0 Å². The molecular weight excluding hydrogens is 252 g/mol. The van der Waals surface area contributed by atoms with Crippen LogP contribution in [0.15, 0.2) is 48.8 Å². The van der Waals surface area contributed by atoms with Crippen LogP contribution in [0.4, 0.5) is 0 Å². The summed E-state index contributed by atoms with van der Waals surface area (Å²) in [6.07, 6.45) is 3.61. The van der Waals surface area contributed by atoms with E-state index < -0.39 is 5.97 Å². The summed E-state index contributed by atoms with van der Waals surface area (Å²) in [6, 6.07) is 11.2. The first-order valence-electron chi connectivity index (χ1n) is 6.50. The lowest BCUT2D eigenvalue weighted by atomic mass is 10.1. The highest BCUT2D eigenvalue weighted by atomic mass is 16.4. The van der Waals surface area contributed by atoms with Gasteiger partial charge in [0.2, 0.25) is 0 Å². The van der Waals surface area contributed by atoms with Crippen molar-refractivity contribution in [1.29, 1.82) is 0 Å². The Balaban J connectivity index is 2.09. The van der Waals surface area contributed by atoms with E-state index in [1.807, 2.05) is 31.4 Å². The van der Waals surface area contributed by atoms with Crippen LogP contribution in [0.25, 0.3) is 0 Å². The van der Waals surface area contributed by atoms with E-state index in [1.165, 1.54) is 0 Å². The van der Waals surface area contributed by atoms with Gasteiger partial charge < -0.3 is 5.11 Å². The highest BCUT2D eigenvalue weighted by Crippen LogP contribution is 2.20. The lowest BCUT2D eigenvalue weighted by molar-refractivity contribution is 0.0696. The van der Waals surface area contributed by atoms with Gasteiger partial charge in [-0.1, -0.05) is 18.2 Å². The van der Waals surface area contributed by atoms with E-state index in [2.05, 4.69) is 16.8 Å². The van der Waals surface area contributed by atoms with Crippen molar-refractivity contribution < 1.29 is 9.90 Å². The van der Waals surface area contributed by atoms with Crippen LogP contribution in [0.1, 0.15) is 34.5 Å². The molecule has 1 aromatic heterocycles. The molecule has 0 aliphatic heterocycles. The number of carboxylic acid groups (broad SMARTS) is 1. The molecule has 0 aliphatic carbocycles. The minimum Gasteiger partial charge on any atom is -0.478 e. The Hall–Kier alpha value is -2.20. The maximum atomic E-state index is 11.0. The number of hydrogen-bond acceptors (Lipinski definition) is 3. The Morgan fingerprint density at radius 1 is 1.35 bits per heavy atom. The molecule has 0 amide bonds. The number of carbonyl (C=O) groups is 1. The maximum Gasteiger partial charge on any atom is 0.335 e. The van der Waals surface area contributed by atoms with Crippen molar-refractivity contribution in [3.05, 3.63) is 65.5 Å². The molecule has 0 radical (unpaired) electrons. The monoisotopic (exact) mass is 270 g/mol. The number of aromatic carboxylic acids is 1. The van der Waals surface area contributed by atoms with E-state index >= 15 is 0 Å². The smallest absolute Gasteiger partial charge is 0.335 e. The van der Waals surface area contributed by atoms with Gasteiger partial charge in [0.25, 0.3) is 0 Å². The molecule has 20 heavy (non-hydrogen) atoms. The molecule has 1 N–H and O–H groups in total. The fourth-order valence-electron chi connectivity index (χ4n) is 2.11. The van der Waals surface area contributed by atoms with Crippen LogP contribution in [0.3, 0.4) is 0 Å². The molecule has 0 saturated heterocycles. The van der Waals surface area contributed by atoms with E-state index in [1.54, 1.807) is 24.4 Å². The normalized spacial score (nSPS) is 12.3. The third kappa shape index (κ3) is 3.42. The van der Waals surface area contributed by atoms with Gasteiger partial charge in [-0.2, -0.15) is 0 Å². The highest BCUT2D eigenvalue weighted by molar-refractivity contribution is 5.87. The molecule has 1 unspecified atom stereocenters. The van der Waals surface area contributed by atoms with Crippen LogP contribution in [0.2, 0.25) is 0 Å². The van der Waals surface area contributed by atoms with Crippen molar-refractivity contribution in [2.45, 2.75) is 19.5 Å². The SMILES string of the molecule is CC(c1cccnc1)N(C)Cc1cccc(C(=O)O)c1. The van der Waals surface area contributed by atoms with Gasteiger partial charge in [0, 0.05) is 25.0 Å². The molecule has 1 aromatic carbocycles. The quantitative estimate of drug-likeness (QED) is 0.907. The zero-order valence-electron chi connectivity index (χ0n) is 11.7. The van der Waals surface area contributed by atoms with E-state index in [0.29, 0.717) is 12.1 Å². The number of benzene rings is 1. The fourth-order valence-corrected chi connectivity index (χ4v) is 2.11. The van der Waals surface area contributed by atoms with Gasteiger partial charge in [-0.3, -0.25) is 9.88 Å². The highest BCUT2D eigenvalue weighted by Gasteiger charge is 2.12. The Kier molecular flexibility index (Phi) is 4.48. The molecule has 4 nitrogen and oxygen atoms in total. The van der Waals surface area contributed by atoms with Gasteiger partial charge in [-0.05, 0) is 43.3 Å². The van der Waals surface area contributed by atoms with E-state index in [4.69, 9.17) is 5.11 Å². The first kappa shape index (κ1) is 14.2. The van der Waals surface area contributed by atoms with Gasteiger partial charge in [0.15, 0.2) is 0 Å². The molecule has 0 aliphatic rings. The molecule has 4 heteroatoms. The van der Waals surface area contributed by atoms with E-state index in [-0.39, 0.29) is 6.04 Å². The number of carboxylic acids is 1. The second-order valence-corrected chi connectivity index (χ2v) is 4.88. The number of nitrogens with zero attached hydrogens (tertiary/aromatic N) is 2. The molecule has 1 heterocycles. The summed E-state index contributed by atoms with van der Waals surface area (Å²) in [5.74, 6) is -0.894. The minimum absolute atomic E-state index is 0.220. The summed E-state index contributed by atoms with van der Waals surface area (Å²) in [6.45, 7) is 2.80. The molecule has 0 fully saturated rings. The van der Waals surface area contributed by atoms with Crippen molar-refractivity contribution in [1.82, 2.24) is 9.88 Å². The van der Waals surface area contributed by atoms with Crippen molar-refractivity contribution in [3.8, 4) is 0 Å². The third-order valence-electron chi connectivity index (χ3n) is 3.43. The van der Waals surface area contributed by atoms with Gasteiger partial charge in [0.1, 0.15) is 0 Å². The number of hydrogen-bond donors (Lipinski definition) is 1. The van der Waals surface area contributed by atoms with E-state index in [0.717, 1.165) is 11.1 Å². The first-order chi connectivity index (χ1) is 9.58. The third-order valence-corrected chi connectivity index (χ3v) is 3.43. The van der Waals surface area contributed by atoms with Crippen LogP contribution < -0.4 is 0 Å². The molecule has 0 saturated carbocycles. The Labute approximate surface area is 118 Å². The summed E-state index contributed by atoms with van der Waals surface area (Å²) in [5.41, 5.74) is 2.46. The second-order valence-electron chi connectivity index (χ2n) is 4.88. The molecule has 2 rings (SSSR count).